The van der Waals surface area contributed by atoms with Crippen LogP contribution >= 0.6 is 15.9 Å². The second kappa shape index (κ2) is 3.67. The van der Waals surface area contributed by atoms with Crippen LogP contribution in [-0.2, 0) is 0 Å². The lowest BCUT2D eigenvalue weighted by molar-refractivity contribution is 0.112. The van der Waals surface area contributed by atoms with Crippen LogP contribution in [0.2, 0.25) is 0 Å². The SMILES string of the molecule is COc1c(Br)cc(F)cc1C=O. The van der Waals surface area contributed by atoms with E-state index in [1.54, 1.807) is 0 Å². The number of carbonyl (C=O) groups is 1. The van der Waals surface area contributed by atoms with Gasteiger partial charge in [-0.05, 0) is 28.1 Å². The first kappa shape index (κ1) is 9.19. The Morgan fingerprint density at radius 3 is 2.75 bits per heavy atom. The molecule has 0 aliphatic heterocycles. The van der Waals surface area contributed by atoms with Gasteiger partial charge in [0.05, 0.1) is 17.1 Å². The molecule has 0 amide bonds. The van der Waals surface area contributed by atoms with E-state index in [4.69, 9.17) is 4.74 Å². The minimum Gasteiger partial charge on any atom is -0.495 e. The Morgan fingerprint density at radius 1 is 1.58 bits per heavy atom. The Hall–Kier alpha value is -0.900. The molecule has 0 radical (unpaired) electrons. The number of rotatable bonds is 2. The van der Waals surface area contributed by atoms with Crippen LogP contribution in [0.5, 0.6) is 5.75 Å². The first-order chi connectivity index (χ1) is 5.69. The van der Waals surface area contributed by atoms with Gasteiger partial charge in [0.25, 0.3) is 0 Å². The largest absolute Gasteiger partial charge is 0.495 e. The maximum Gasteiger partial charge on any atom is 0.153 e. The van der Waals surface area contributed by atoms with Crippen LogP contribution in [0.1, 0.15) is 10.4 Å². The number of halogens is 2. The van der Waals surface area contributed by atoms with Crippen molar-refractivity contribution in [3.05, 3.63) is 28.0 Å². The fraction of sp³-hybridized carbons (Fsp3) is 0.125. The molecular weight excluding hydrogens is 227 g/mol. The highest BCUT2D eigenvalue weighted by molar-refractivity contribution is 9.10. The highest BCUT2D eigenvalue weighted by Crippen LogP contribution is 2.28. The summed E-state index contributed by atoms with van der Waals surface area (Å²) in [6.45, 7) is 0. The molecule has 0 aliphatic carbocycles. The van der Waals surface area contributed by atoms with Crippen molar-refractivity contribution in [2.45, 2.75) is 0 Å². The first-order valence-corrected chi connectivity index (χ1v) is 3.96. The van der Waals surface area contributed by atoms with Gasteiger partial charge in [-0.25, -0.2) is 4.39 Å². The van der Waals surface area contributed by atoms with Gasteiger partial charge in [0.2, 0.25) is 0 Å². The van der Waals surface area contributed by atoms with Crippen molar-refractivity contribution in [2.75, 3.05) is 7.11 Å². The Labute approximate surface area is 77.5 Å². The molecule has 0 heterocycles. The molecular formula is C8H6BrFO2. The smallest absolute Gasteiger partial charge is 0.153 e. The van der Waals surface area contributed by atoms with Crippen molar-refractivity contribution in [3.63, 3.8) is 0 Å². The standard InChI is InChI=1S/C8H6BrFO2/c1-12-8-5(4-11)2-6(10)3-7(8)9/h2-4H,1H3. The maximum absolute atomic E-state index is 12.7. The molecule has 0 aromatic heterocycles. The quantitative estimate of drug-likeness (QED) is 0.733. The van der Waals surface area contributed by atoms with E-state index in [1.165, 1.54) is 13.2 Å². The third kappa shape index (κ3) is 1.64. The molecule has 0 atom stereocenters. The first-order valence-electron chi connectivity index (χ1n) is 3.17. The van der Waals surface area contributed by atoms with Gasteiger partial charge in [0.1, 0.15) is 11.6 Å². The molecule has 0 saturated carbocycles. The fourth-order valence-electron chi connectivity index (χ4n) is 0.883. The van der Waals surface area contributed by atoms with Gasteiger partial charge in [0.15, 0.2) is 6.29 Å². The van der Waals surface area contributed by atoms with Crippen molar-refractivity contribution < 1.29 is 13.9 Å². The fourth-order valence-corrected chi connectivity index (χ4v) is 1.49. The van der Waals surface area contributed by atoms with Crippen molar-refractivity contribution in [1.82, 2.24) is 0 Å². The molecule has 0 fully saturated rings. The number of ether oxygens (including phenoxy) is 1. The van der Waals surface area contributed by atoms with Crippen LogP contribution in [-0.4, -0.2) is 13.4 Å². The maximum atomic E-state index is 12.7. The monoisotopic (exact) mass is 232 g/mol. The molecule has 0 bridgehead atoms. The summed E-state index contributed by atoms with van der Waals surface area (Å²) >= 11 is 3.08. The summed E-state index contributed by atoms with van der Waals surface area (Å²) in [5.74, 6) is -0.115. The topological polar surface area (TPSA) is 26.3 Å². The third-order valence-electron chi connectivity index (χ3n) is 1.37. The number of benzene rings is 1. The Balaban J connectivity index is 3.33. The minimum atomic E-state index is -0.468. The third-order valence-corrected chi connectivity index (χ3v) is 1.96. The highest BCUT2D eigenvalue weighted by Gasteiger charge is 2.08. The number of hydrogen-bond donors (Lipinski definition) is 0. The van der Waals surface area contributed by atoms with Gasteiger partial charge in [-0.2, -0.15) is 0 Å². The second-order valence-corrected chi connectivity index (χ2v) is 2.98. The summed E-state index contributed by atoms with van der Waals surface area (Å²) in [7, 11) is 1.42. The van der Waals surface area contributed by atoms with Gasteiger partial charge in [-0.1, -0.05) is 0 Å². The van der Waals surface area contributed by atoms with Crippen LogP contribution in [0.15, 0.2) is 16.6 Å². The zero-order valence-electron chi connectivity index (χ0n) is 6.30. The van der Waals surface area contributed by atoms with Crippen molar-refractivity contribution in [3.8, 4) is 5.75 Å². The Morgan fingerprint density at radius 2 is 2.25 bits per heavy atom. The molecule has 12 heavy (non-hydrogen) atoms. The van der Waals surface area contributed by atoms with E-state index in [0.29, 0.717) is 16.5 Å². The van der Waals surface area contributed by atoms with E-state index < -0.39 is 5.82 Å². The van der Waals surface area contributed by atoms with Crippen LogP contribution < -0.4 is 4.74 Å². The van der Waals surface area contributed by atoms with E-state index in [1.807, 2.05) is 0 Å². The normalized spacial score (nSPS) is 9.58. The summed E-state index contributed by atoms with van der Waals surface area (Å²) in [6.07, 6.45) is 0.548. The summed E-state index contributed by atoms with van der Waals surface area (Å²) < 4.78 is 18.0. The van der Waals surface area contributed by atoms with Crippen molar-refractivity contribution >= 4 is 22.2 Å². The van der Waals surface area contributed by atoms with Gasteiger partial charge in [0, 0.05) is 0 Å². The average Bonchev–Trinajstić information content (AvgIpc) is 2.03. The van der Waals surface area contributed by atoms with E-state index in [-0.39, 0.29) is 5.56 Å². The lowest BCUT2D eigenvalue weighted by Gasteiger charge is -2.05. The van der Waals surface area contributed by atoms with Crippen molar-refractivity contribution in [1.29, 1.82) is 0 Å². The Kier molecular flexibility index (Phi) is 2.81. The average molecular weight is 233 g/mol. The van der Waals surface area contributed by atoms with Crippen molar-refractivity contribution in [2.24, 2.45) is 0 Å². The summed E-state index contributed by atoms with van der Waals surface area (Å²) in [6, 6.07) is 2.36. The molecule has 0 spiro atoms. The van der Waals surface area contributed by atoms with Crippen LogP contribution in [0.3, 0.4) is 0 Å². The lowest BCUT2D eigenvalue weighted by Crippen LogP contribution is -1.92. The molecule has 0 N–H and O–H groups in total. The summed E-state index contributed by atoms with van der Waals surface area (Å²) in [4.78, 5) is 10.4. The minimum absolute atomic E-state index is 0.198. The highest BCUT2D eigenvalue weighted by atomic mass is 79.9. The second-order valence-electron chi connectivity index (χ2n) is 2.13. The summed E-state index contributed by atoms with van der Waals surface area (Å²) in [5.41, 5.74) is 0.198. The zero-order valence-corrected chi connectivity index (χ0v) is 7.89. The molecule has 0 saturated heterocycles. The van der Waals surface area contributed by atoms with Gasteiger partial charge < -0.3 is 4.74 Å². The number of methoxy groups -OCH3 is 1. The molecule has 1 rings (SSSR count). The predicted molar refractivity (Wildman–Crippen MR) is 46.0 cm³/mol. The van der Waals surface area contributed by atoms with E-state index >= 15 is 0 Å². The number of hydrogen-bond acceptors (Lipinski definition) is 2. The predicted octanol–water partition coefficient (Wildman–Crippen LogP) is 2.41. The summed E-state index contributed by atoms with van der Waals surface area (Å²) in [5, 5.41) is 0. The molecule has 4 heteroatoms. The van der Waals surface area contributed by atoms with Gasteiger partial charge in [-0.15, -0.1) is 0 Å². The van der Waals surface area contributed by atoms with Crippen LogP contribution in [0.4, 0.5) is 4.39 Å². The van der Waals surface area contributed by atoms with Gasteiger partial charge in [-0.3, -0.25) is 4.79 Å². The van der Waals surface area contributed by atoms with Crippen LogP contribution in [0.25, 0.3) is 0 Å². The zero-order chi connectivity index (χ0) is 9.14. The number of aldehydes is 1. The molecule has 1 aromatic carbocycles. The molecule has 0 unspecified atom stereocenters. The number of carbonyl (C=O) groups excluding carboxylic acids is 1. The van der Waals surface area contributed by atoms with E-state index in [9.17, 15) is 9.18 Å². The van der Waals surface area contributed by atoms with Gasteiger partial charge >= 0.3 is 0 Å². The molecule has 64 valence electrons. The lowest BCUT2D eigenvalue weighted by atomic mass is 10.2. The van der Waals surface area contributed by atoms with Crippen LogP contribution in [0, 0.1) is 5.82 Å². The molecule has 2 nitrogen and oxygen atoms in total. The Bertz CT molecular complexity index is 312. The molecule has 1 aromatic rings. The van der Waals surface area contributed by atoms with E-state index in [0.717, 1.165) is 6.07 Å². The molecule has 0 aliphatic rings. The van der Waals surface area contributed by atoms with E-state index in [2.05, 4.69) is 15.9 Å².